The van der Waals surface area contributed by atoms with E-state index in [1.807, 2.05) is 109 Å². The first-order valence-corrected chi connectivity index (χ1v) is 16.8. The van der Waals surface area contributed by atoms with Crippen molar-refractivity contribution in [2.75, 3.05) is 13.7 Å². The SMILES string of the molecule is COC[C@@H]1NC(=O)CCc2cccc(c2)-c2cccc(c2)CC[C@@H](C(=O)N[C@@H](Cc2ccccc2)C(=O)C(=O)NCc2ccccc2)NC1=O. The fourth-order valence-corrected chi connectivity index (χ4v) is 5.89. The summed E-state index contributed by atoms with van der Waals surface area (Å²) in [5.41, 5.74) is 5.50. The van der Waals surface area contributed by atoms with Gasteiger partial charge in [-0.1, -0.05) is 109 Å². The number of nitrogens with one attached hydrogen (secondary N) is 4. The Hall–Kier alpha value is -5.61. The number of carbonyl (C=O) groups excluding carboxylic acids is 5. The molecule has 4 bridgehead atoms. The molecule has 0 saturated heterocycles. The summed E-state index contributed by atoms with van der Waals surface area (Å²) in [5.74, 6) is -3.21. The third kappa shape index (κ3) is 10.2. The molecule has 4 aromatic rings. The quantitative estimate of drug-likeness (QED) is 0.190. The number of amides is 4. The molecule has 1 aliphatic heterocycles. The summed E-state index contributed by atoms with van der Waals surface area (Å²) >= 11 is 0. The highest BCUT2D eigenvalue weighted by molar-refractivity contribution is 6.38. The maximum absolute atomic E-state index is 14.0. The monoisotopic (exact) mass is 674 g/mol. The maximum atomic E-state index is 14.0. The fraction of sp³-hybridized carbons (Fsp3) is 0.275. The molecule has 3 atom stereocenters. The molecule has 4 amide bonds. The number of aryl methyl sites for hydroxylation is 2. The summed E-state index contributed by atoms with van der Waals surface area (Å²) in [6.45, 7) is 0.0339. The first-order chi connectivity index (χ1) is 24.3. The van der Waals surface area contributed by atoms with Gasteiger partial charge in [0.05, 0.1) is 6.61 Å². The van der Waals surface area contributed by atoms with Gasteiger partial charge in [0, 0.05) is 26.5 Å². The molecule has 5 rings (SSSR count). The number of ether oxygens (including phenoxy) is 1. The summed E-state index contributed by atoms with van der Waals surface area (Å²) in [5, 5.41) is 11.0. The molecule has 0 radical (unpaired) electrons. The van der Waals surface area contributed by atoms with Crippen LogP contribution in [0.25, 0.3) is 11.1 Å². The Balaban J connectivity index is 1.40. The van der Waals surface area contributed by atoms with Crippen molar-refractivity contribution in [3.63, 3.8) is 0 Å². The van der Waals surface area contributed by atoms with E-state index >= 15 is 0 Å². The molecule has 258 valence electrons. The Morgan fingerprint density at radius 2 is 1.38 bits per heavy atom. The van der Waals surface area contributed by atoms with Gasteiger partial charge >= 0.3 is 0 Å². The Kier molecular flexibility index (Phi) is 12.6. The fourth-order valence-electron chi connectivity index (χ4n) is 5.89. The molecule has 10 heteroatoms. The number of benzene rings is 4. The Bertz CT molecular complexity index is 1800. The zero-order valence-corrected chi connectivity index (χ0v) is 28.0. The zero-order chi connectivity index (χ0) is 35.3. The van der Waals surface area contributed by atoms with E-state index in [0.29, 0.717) is 12.8 Å². The zero-order valence-electron chi connectivity index (χ0n) is 28.0. The first-order valence-electron chi connectivity index (χ1n) is 16.8. The normalized spacial score (nSPS) is 17.1. The Morgan fingerprint density at radius 1 is 0.760 bits per heavy atom. The van der Waals surface area contributed by atoms with E-state index in [-0.39, 0.29) is 38.3 Å². The topological polar surface area (TPSA) is 143 Å². The second kappa shape index (κ2) is 17.7. The summed E-state index contributed by atoms with van der Waals surface area (Å²) in [6.07, 6.45) is 1.29. The lowest BCUT2D eigenvalue weighted by molar-refractivity contribution is -0.140. The van der Waals surface area contributed by atoms with Crippen LogP contribution in [-0.4, -0.2) is 61.3 Å². The lowest BCUT2D eigenvalue weighted by Crippen LogP contribution is -2.58. The summed E-state index contributed by atoms with van der Waals surface area (Å²) in [6, 6.07) is 30.8. The number of fused-ring (bicyclic) bond motifs is 5. The molecule has 1 aliphatic rings. The minimum atomic E-state index is -1.21. The molecule has 0 unspecified atom stereocenters. The van der Waals surface area contributed by atoms with Gasteiger partial charge in [0.2, 0.25) is 23.5 Å². The molecule has 0 aliphatic carbocycles. The smallest absolute Gasteiger partial charge is 0.289 e. The number of rotatable bonds is 10. The molecular weight excluding hydrogens is 632 g/mol. The molecule has 50 heavy (non-hydrogen) atoms. The van der Waals surface area contributed by atoms with Crippen molar-refractivity contribution in [3.8, 4) is 11.1 Å². The third-order valence-electron chi connectivity index (χ3n) is 8.60. The van der Waals surface area contributed by atoms with E-state index in [1.54, 1.807) is 0 Å². The molecule has 0 saturated carbocycles. The van der Waals surface area contributed by atoms with E-state index in [1.165, 1.54) is 7.11 Å². The molecule has 10 nitrogen and oxygen atoms in total. The van der Waals surface area contributed by atoms with E-state index in [2.05, 4.69) is 21.3 Å². The van der Waals surface area contributed by atoms with E-state index < -0.39 is 41.6 Å². The number of ketones is 1. The second-order valence-electron chi connectivity index (χ2n) is 12.4. The standard InChI is InChI=1S/C40H42N4O6/c1-50-26-35-39(48)43-33(20-18-28-14-8-16-31(22-28)32-17-9-15-29(23-32)19-21-36(45)42-35)38(47)44-34(24-27-10-4-2-5-11-27)37(46)40(49)41-25-30-12-6-3-7-13-30/h2-17,22-23,33-35H,18-21,24-26H2,1H3,(H,41,49)(H,42,45)(H,43,48)(H,44,47)/t33-,34-,35-/m0/s1. The van der Waals surface area contributed by atoms with Crippen molar-refractivity contribution >= 4 is 29.4 Å². The summed E-state index contributed by atoms with van der Waals surface area (Å²) in [4.78, 5) is 67.3. The van der Waals surface area contributed by atoms with Crippen LogP contribution >= 0.6 is 0 Å². The molecule has 4 aromatic carbocycles. The van der Waals surface area contributed by atoms with Gasteiger partial charge in [0.25, 0.3) is 5.91 Å². The van der Waals surface area contributed by atoms with E-state index in [0.717, 1.165) is 33.4 Å². The van der Waals surface area contributed by atoms with Gasteiger partial charge in [-0.15, -0.1) is 0 Å². The minimum absolute atomic E-state index is 0.0638. The van der Waals surface area contributed by atoms with E-state index in [4.69, 9.17) is 4.74 Å². The van der Waals surface area contributed by atoms with Gasteiger partial charge in [0.15, 0.2) is 0 Å². The highest BCUT2D eigenvalue weighted by Crippen LogP contribution is 2.23. The second-order valence-corrected chi connectivity index (χ2v) is 12.4. The molecule has 0 aromatic heterocycles. The van der Waals surface area contributed by atoms with Crippen LogP contribution in [0, 0.1) is 0 Å². The Morgan fingerprint density at radius 3 is 2.02 bits per heavy atom. The van der Waals surface area contributed by atoms with E-state index in [9.17, 15) is 24.0 Å². The van der Waals surface area contributed by atoms with Gasteiger partial charge in [0.1, 0.15) is 18.1 Å². The number of methoxy groups -OCH3 is 1. The summed E-state index contributed by atoms with van der Waals surface area (Å²) < 4.78 is 5.24. The largest absolute Gasteiger partial charge is 0.382 e. The average Bonchev–Trinajstić information content (AvgIpc) is 3.14. The van der Waals surface area contributed by atoms with Crippen molar-refractivity contribution in [1.82, 2.24) is 21.3 Å². The van der Waals surface area contributed by atoms with Crippen LogP contribution in [0.4, 0.5) is 0 Å². The van der Waals surface area contributed by atoms with Crippen LogP contribution in [0.1, 0.15) is 35.1 Å². The average molecular weight is 675 g/mol. The van der Waals surface area contributed by atoms with Gasteiger partial charge < -0.3 is 26.0 Å². The van der Waals surface area contributed by atoms with Crippen molar-refractivity contribution in [2.45, 2.75) is 56.8 Å². The lowest BCUT2D eigenvalue weighted by atomic mass is 9.96. The lowest BCUT2D eigenvalue weighted by Gasteiger charge is -2.25. The minimum Gasteiger partial charge on any atom is -0.382 e. The maximum Gasteiger partial charge on any atom is 0.289 e. The van der Waals surface area contributed by atoms with Gasteiger partial charge in [-0.25, -0.2) is 0 Å². The van der Waals surface area contributed by atoms with Gasteiger partial charge in [-0.2, -0.15) is 0 Å². The predicted molar refractivity (Wildman–Crippen MR) is 190 cm³/mol. The van der Waals surface area contributed by atoms with Crippen LogP contribution in [0.15, 0.2) is 109 Å². The van der Waals surface area contributed by atoms with Crippen molar-refractivity contribution < 1.29 is 28.7 Å². The van der Waals surface area contributed by atoms with Crippen LogP contribution < -0.4 is 21.3 Å². The van der Waals surface area contributed by atoms with Crippen molar-refractivity contribution in [2.24, 2.45) is 0 Å². The number of Topliss-reactive ketones (excluding diaryl/α,β-unsaturated/α-hetero) is 1. The van der Waals surface area contributed by atoms with Crippen LogP contribution in [0.2, 0.25) is 0 Å². The highest BCUT2D eigenvalue weighted by Gasteiger charge is 2.32. The molecule has 4 N–H and O–H groups in total. The Labute approximate surface area is 292 Å². The number of hydrogen-bond donors (Lipinski definition) is 4. The van der Waals surface area contributed by atoms with Gasteiger partial charge in [-0.05, 0) is 52.6 Å². The molecule has 0 spiro atoms. The van der Waals surface area contributed by atoms with Crippen molar-refractivity contribution in [3.05, 3.63) is 131 Å². The molecule has 0 fully saturated rings. The predicted octanol–water partition coefficient (Wildman–Crippen LogP) is 3.46. The third-order valence-corrected chi connectivity index (χ3v) is 8.60. The highest BCUT2D eigenvalue weighted by atomic mass is 16.5. The first kappa shape index (κ1) is 35.7. The van der Waals surface area contributed by atoms with Gasteiger partial charge in [-0.3, -0.25) is 24.0 Å². The van der Waals surface area contributed by atoms with Crippen LogP contribution in [0.5, 0.6) is 0 Å². The van der Waals surface area contributed by atoms with Crippen molar-refractivity contribution in [1.29, 1.82) is 0 Å². The van der Waals surface area contributed by atoms with Crippen LogP contribution in [0.3, 0.4) is 0 Å². The number of hydrogen-bond acceptors (Lipinski definition) is 6. The molecular formula is C40H42N4O6. The van der Waals surface area contributed by atoms with Crippen LogP contribution in [-0.2, 0) is 54.5 Å². The molecule has 1 heterocycles. The summed E-state index contributed by atoms with van der Waals surface area (Å²) in [7, 11) is 1.42. The number of carbonyl (C=O) groups is 5.